The van der Waals surface area contributed by atoms with Crippen molar-refractivity contribution in [2.24, 2.45) is 0 Å². The van der Waals surface area contributed by atoms with Crippen LogP contribution in [-0.2, 0) is 19.1 Å². The van der Waals surface area contributed by atoms with E-state index >= 15 is 0 Å². The number of imide groups is 3. The second kappa shape index (κ2) is 4.13. The smallest absolute Gasteiger partial charge is 0.238 e. The standard InChI is InChI=1S/C8H11NO4/c1-13-5-4-8(12)9-6(10)2-3-7(9)11/h2-5H2,1H3. The summed E-state index contributed by atoms with van der Waals surface area (Å²) in [5, 5.41) is 0. The van der Waals surface area contributed by atoms with Crippen molar-refractivity contribution in [3.05, 3.63) is 0 Å². The van der Waals surface area contributed by atoms with Crippen LogP contribution in [0.25, 0.3) is 0 Å². The van der Waals surface area contributed by atoms with Gasteiger partial charge in [-0.2, -0.15) is 0 Å². The summed E-state index contributed by atoms with van der Waals surface area (Å²) in [7, 11) is 1.46. The number of carbonyl (C=O) groups excluding carboxylic acids is 3. The molecule has 3 amide bonds. The third kappa shape index (κ3) is 2.12. The SMILES string of the molecule is COCCC(=O)N1C(=O)CCC1=O. The number of methoxy groups -OCH3 is 1. The Labute approximate surface area is 75.6 Å². The van der Waals surface area contributed by atoms with E-state index in [2.05, 4.69) is 4.74 Å². The zero-order chi connectivity index (χ0) is 9.84. The first kappa shape index (κ1) is 9.85. The van der Waals surface area contributed by atoms with Crippen LogP contribution in [-0.4, -0.2) is 36.3 Å². The molecule has 1 aliphatic heterocycles. The molecule has 1 rings (SSSR count). The molecule has 13 heavy (non-hydrogen) atoms. The molecule has 0 unspecified atom stereocenters. The molecular weight excluding hydrogens is 174 g/mol. The van der Waals surface area contributed by atoms with Gasteiger partial charge in [-0.1, -0.05) is 0 Å². The average molecular weight is 185 g/mol. The Balaban J connectivity index is 2.54. The number of ether oxygens (including phenoxy) is 1. The molecule has 1 fully saturated rings. The summed E-state index contributed by atoms with van der Waals surface area (Å²) in [6.45, 7) is 0.232. The molecule has 1 saturated heterocycles. The Hall–Kier alpha value is -1.23. The van der Waals surface area contributed by atoms with Crippen LogP contribution < -0.4 is 0 Å². The van der Waals surface area contributed by atoms with E-state index in [1.165, 1.54) is 7.11 Å². The van der Waals surface area contributed by atoms with Crippen molar-refractivity contribution >= 4 is 17.7 Å². The second-order valence-electron chi connectivity index (χ2n) is 2.76. The van der Waals surface area contributed by atoms with Crippen LogP contribution in [0.2, 0.25) is 0 Å². The van der Waals surface area contributed by atoms with Gasteiger partial charge in [-0.05, 0) is 0 Å². The fourth-order valence-corrected chi connectivity index (χ4v) is 1.16. The summed E-state index contributed by atoms with van der Waals surface area (Å²) in [6.07, 6.45) is 0.378. The maximum Gasteiger partial charge on any atom is 0.238 e. The number of hydrogen-bond donors (Lipinski definition) is 0. The first-order valence-corrected chi connectivity index (χ1v) is 4.04. The molecule has 5 heteroatoms. The quantitative estimate of drug-likeness (QED) is 0.566. The van der Waals surface area contributed by atoms with E-state index in [9.17, 15) is 14.4 Å². The van der Waals surface area contributed by atoms with Crippen molar-refractivity contribution in [1.82, 2.24) is 4.90 Å². The zero-order valence-electron chi connectivity index (χ0n) is 7.41. The fourth-order valence-electron chi connectivity index (χ4n) is 1.16. The van der Waals surface area contributed by atoms with Crippen LogP contribution in [0.15, 0.2) is 0 Å². The lowest BCUT2D eigenvalue weighted by Gasteiger charge is -2.10. The van der Waals surface area contributed by atoms with Crippen LogP contribution in [0.4, 0.5) is 0 Å². The van der Waals surface area contributed by atoms with E-state index in [0.717, 1.165) is 4.90 Å². The number of amides is 3. The number of carbonyl (C=O) groups is 3. The summed E-state index contributed by atoms with van der Waals surface area (Å²) in [5.41, 5.74) is 0. The molecule has 0 saturated carbocycles. The van der Waals surface area contributed by atoms with Crippen molar-refractivity contribution in [3.8, 4) is 0 Å². The highest BCUT2D eigenvalue weighted by Crippen LogP contribution is 2.12. The van der Waals surface area contributed by atoms with Crippen molar-refractivity contribution in [1.29, 1.82) is 0 Å². The van der Waals surface area contributed by atoms with Gasteiger partial charge in [0.15, 0.2) is 0 Å². The lowest BCUT2D eigenvalue weighted by atomic mass is 10.4. The van der Waals surface area contributed by atoms with Gasteiger partial charge in [-0.25, -0.2) is 4.90 Å². The molecule has 1 aliphatic rings. The van der Waals surface area contributed by atoms with Crippen molar-refractivity contribution in [2.75, 3.05) is 13.7 Å². The molecule has 0 radical (unpaired) electrons. The predicted octanol–water partition coefficient (Wildman–Crippen LogP) is -0.302. The minimum absolute atomic E-state index is 0.0774. The first-order chi connectivity index (χ1) is 6.16. The van der Waals surface area contributed by atoms with Crippen molar-refractivity contribution in [2.45, 2.75) is 19.3 Å². The van der Waals surface area contributed by atoms with Gasteiger partial charge < -0.3 is 4.74 Å². The molecule has 0 bridgehead atoms. The summed E-state index contributed by atoms with van der Waals surface area (Å²) < 4.78 is 4.67. The molecular formula is C8H11NO4. The molecule has 5 nitrogen and oxygen atoms in total. The maximum absolute atomic E-state index is 11.2. The molecule has 0 aromatic heterocycles. The van der Waals surface area contributed by atoms with E-state index in [-0.39, 0.29) is 25.9 Å². The van der Waals surface area contributed by atoms with Crippen LogP contribution in [0.1, 0.15) is 19.3 Å². The summed E-state index contributed by atoms with van der Waals surface area (Å²) in [5.74, 6) is -1.26. The normalized spacial score (nSPS) is 16.8. The Morgan fingerprint density at radius 2 is 1.92 bits per heavy atom. The number of nitrogens with zero attached hydrogens (tertiary/aromatic N) is 1. The fraction of sp³-hybridized carbons (Fsp3) is 0.625. The zero-order valence-corrected chi connectivity index (χ0v) is 7.41. The van der Waals surface area contributed by atoms with Gasteiger partial charge in [0.2, 0.25) is 17.7 Å². The average Bonchev–Trinajstić information content (AvgIpc) is 2.42. The molecule has 1 heterocycles. The van der Waals surface area contributed by atoms with E-state index in [4.69, 9.17) is 0 Å². The molecule has 0 aromatic rings. The minimum Gasteiger partial charge on any atom is -0.384 e. The van der Waals surface area contributed by atoms with Gasteiger partial charge in [-0.3, -0.25) is 14.4 Å². The topological polar surface area (TPSA) is 63.7 Å². The van der Waals surface area contributed by atoms with Crippen molar-refractivity contribution < 1.29 is 19.1 Å². The molecule has 72 valence electrons. The lowest BCUT2D eigenvalue weighted by molar-refractivity contribution is -0.149. The van der Waals surface area contributed by atoms with E-state index in [0.29, 0.717) is 0 Å². The molecule has 0 aromatic carbocycles. The minimum atomic E-state index is -0.464. The van der Waals surface area contributed by atoms with E-state index in [1.807, 2.05) is 0 Å². The van der Waals surface area contributed by atoms with Gasteiger partial charge in [0.05, 0.1) is 13.0 Å². The Morgan fingerprint density at radius 3 is 2.38 bits per heavy atom. The molecule has 0 spiro atoms. The van der Waals surface area contributed by atoms with Crippen LogP contribution in [0, 0.1) is 0 Å². The van der Waals surface area contributed by atoms with Crippen LogP contribution >= 0.6 is 0 Å². The monoisotopic (exact) mass is 185 g/mol. The largest absolute Gasteiger partial charge is 0.384 e. The van der Waals surface area contributed by atoms with Gasteiger partial charge in [0.1, 0.15) is 0 Å². The van der Waals surface area contributed by atoms with Gasteiger partial charge >= 0.3 is 0 Å². The van der Waals surface area contributed by atoms with Crippen molar-refractivity contribution in [3.63, 3.8) is 0 Å². The summed E-state index contributed by atoms with van der Waals surface area (Å²) in [6, 6.07) is 0. The van der Waals surface area contributed by atoms with Crippen LogP contribution in [0.3, 0.4) is 0 Å². The number of likely N-dealkylation sites (tertiary alicyclic amines) is 1. The lowest BCUT2D eigenvalue weighted by Crippen LogP contribution is -2.35. The third-order valence-electron chi connectivity index (χ3n) is 1.82. The highest BCUT2D eigenvalue weighted by atomic mass is 16.5. The number of rotatable bonds is 3. The van der Waals surface area contributed by atoms with E-state index < -0.39 is 17.7 Å². The molecule has 0 atom stereocenters. The highest BCUT2D eigenvalue weighted by Gasteiger charge is 2.33. The van der Waals surface area contributed by atoms with Crippen LogP contribution in [0.5, 0.6) is 0 Å². The first-order valence-electron chi connectivity index (χ1n) is 4.04. The summed E-state index contributed by atoms with van der Waals surface area (Å²) in [4.78, 5) is 34.0. The summed E-state index contributed by atoms with van der Waals surface area (Å²) >= 11 is 0. The molecule has 0 aliphatic carbocycles. The van der Waals surface area contributed by atoms with Gasteiger partial charge in [-0.15, -0.1) is 0 Å². The highest BCUT2D eigenvalue weighted by molar-refractivity contribution is 6.14. The predicted molar refractivity (Wildman–Crippen MR) is 42.6 cm³/mol. The molecule has 0 N–H and O–H groups in total. The Kier molecular flexibility index (Phi) is 3.13. The Morgan fingerprint density at radius 1 is 1.38 bits per heavy atom. The second-order valence-corrected chi connectivity index (χ2v) is 2.76. The number of hydrogen-bond acceptors (Lipinski definition) is 4. The maximum atomic E-state index is 11.2. The Bertz CT molecular complexity index is 233. The van der Waals surface area contributed by atoms with E-state index in [1.54, 1.807) is 0 Å². The van der Waals surface area contributed by atoms with Gasteiger partial charge in [0, 0.05) is 20.0 Å². The van der Waals surface area contributed by atoms with Gasteiger partial charge in [0.25, 0.3) is 0 Å². The third-order valence-corrected chi connectivity index (χ3v) is 1.82.